The second-order valence-electron chi connectivity index (χ2n) is 7.74. The van der Waals surface area contributed by atoms with Crippen LogP contribution in [-0.4, -0.2) is 35.9 Å². The van der Waals surface area contributed by atoms with Gasteiger partial charge in [0.05, 0.1) is 12.6 Å². The molecular formula is C25H27F2N3O3. The predicted molar refractivity (Wildman–Crippen MR) is 123 cm³/mol. The van der Waals surface area contributed by atoms with E-state index in [1.165, 1.54) is 6.07 Å². The fourth-order valence-corrected chi connectivity index (χ4v) is 3.57. The predicted octanol–water partition coefficient (Wildman–Crippen LogP) is 3.75. The zero-order chi connectivity index (χ0) is 23.8. The van der Waals surface area contributed by atoms with Crippen LogP contribution in [0.15, 0.2) is 48.7 Å². The van der Waals surface area contributed by atoms with Gasteiger partial charge < -0.3 is 15.8 Å². The average Bonchev–Trinajstić information content (AvgIpc) is 2.79. The molecule has 0 aliphatic carbocycles. The van der Waals surface area contributed by atoms with E-state index in [0.717, 1.165) is 28.5 Å². The summed E-state index contributed by atoms with van der Waals surface area (Å²) in [7, 11) is 0. The number of hydrogen-bond donors (Lipinski definition) is 2. The van der Waals surface area contributed by atoms with Gasteiger partial charge >= 0.3 is 0 Å². The third-order valence-electron chi connectivity index (χ3n) is 5.35. The van der Waals surface area contributed by atoms with E-state index in [4.69, 9.17) is 10.5 Å². The summed E-state index contributed by atoms with van der Waals surface area (Å²) in [5.74, 6) is -2.05. The fraction of sp³-hybridized carbons (Fsp3) is 0.320. The quantitative estimate of drug-likeness (QED) is 0.430. The van der Waals surface area contributed by atoms with E-state index in [0.29, 0.717) is 24.4 Å². The summed E-state index contributed by atoms with van der Waals surface area (Å²) in [5, 5.41) is 4.49. The minimum Gasteiger partial charge on any atom is -0.383 e. The number of nitrogens with two attached hydrogens (primary N) is 1. The van der Waals surface area contributed by atoms with Gasteiger partial charge in [-0.25, -0.2) is 13.8 Å². The molecule has 3 rings (SSSR count). The fourth-order valence-electron chi connectivity index (χ4n) is 3.57. The molecular weight excluding hydrogens is 428 g/mol. The second-order valence-corrected chi connectivity index (χ2v) is 7.74. The first-order valence-electron chi connectivity index (χ1n) is 10.8. The number of amides is 1. The van der Waals surface area contributed by atoms with E-state index in [-0.39, 0.29) is 37.6 Å². The molecule has 0 fully saturated rings. The highest BCUT2D eigenvalue weighted by Gasteiger charge is 2.21. The monoisotopic (exact) mass is 455 g/mol. The number of fused-ring (bicyclic) bond motifs is 1. The number of hydrogen-bond acceptors (Lipinski definition) is 5. The van der Waals surface area contributed by atoms with Crippen LogP contribution in [-0.2, 0) is 27.2 Å². The number of aromatic nitrogens is 1. The number of ether oxygens (including phenoxy) is 1. The van der Waals surface area contributed by atoms with Gasteiger partial charge in [0.2, 0.25) is 5.91 Å². The van der Waals surface area contributed by atoms with Gasteiger partial charge in [-0.2, -0.15) is 0 Å². The maximum absolute atomic E-state index is 13.6. The van der Waals surface area contributed by atoms with Crippen molar-refractivity contribution in [2.75, 3.05) is 18.9 Å². The van der Waals surface area contributed by atoms with Crippen molar-refractivity contribution < 1.29 is 23.1 Å². The number of benzene rings is 2. The van der Waals surface area contributed by atoms with Crippen LogP contribution in [0, 0.1) is 11.6 Å². The topological polar surface area (TPSA) is 94.3 Å². The van der Waals surface area contributed by atoms with Crippen molar-refractivity contribution in [3.63, 3.8) is 0 Å². The third kappa shape index (κ3) is 6.79. The molecule has 174 valence electrons. The average molecular weight is 456 g/mol. The van der Waals surface area contributed by atoms with Gasteiger partial charge in [-0.05, 0) is 54.5 Å². The molecule has 0 spiro atoms. The van der Waals surface area contributed by atoms with E-state index >= 15 is 0 Å². The van der Waals surface area contributed by atoms with Crippen LogP contribution in [0.3, 0.4) is 0 Å². The molecule has 3 N–H and O–H groups in total. The van der Waals surface area contributed by atoms with E-state index in [1.807, 2.05) is 31.2 Å². The number of nitrogens with one attached hydrogen (secondary N) is 1. The number of Topliss-reactive ketones (excluding diaryl/α,β-unsaturated/α-hetero) is 1. The normalized spacial score (nSPS) is 12.0. The van der Waals surface area contributed by atoms with E-state index < -0.39 is 17.7 Å². The van der Waals surface area contributed by atoms with Crippen LogP contribution in [0.1, 0.15) is 30.9 Å². The number of carbonyl (C=O) groups excluding carboxylic acids is 2. The molecule has 1 amide bonds. The Bertz CT molecular complexity index is 1140. The molecule has 8 heteroatoms. The van der Waals surface area contributed by atoms with Gasteiger partial charge in [0.25, 0.3) is 0 Å². The molecule has 2 aromatic carbocycles. The summed E-state index contributed by atoms with van der Waals surface area (Å²) in [5.41, 5.74) is 7.25. The number of ketones is 1. The van der Waals surface area contributed by atoms with Gasteiger partial charge in [-0.15, -0.1) is 0 Å². The van der Waals surface area contributed by atoms with Crippen LogP contribution in [0.5, 0.6) is 0 Å². The van der Waals surface area contributed by atoms with Crippen LogP contribution < -0.4 is 11.1 Å². The first-order valence-corrected chi connectivity index (χ1v) is 10.8. The number of carbonyl (C=O) groups is 2. The van der Waals surface area contributed by atoms with Gasteiger partial charge in [0.1, 0.15) is 5.82 Å². The maximum atomic E-state index is 13.6. The molecule has 3 aromatic rings. The molecule has 0 saturated carbocycles. The lowest BCUT2D eigenvalue weighted by atomic mass is 9.96. The summed E-state index contributed by atoms with van der Waals surface area (Å²) in [6.07, 6.45) is 2.43. The molecule has 0 radical (unpaired) electrons. The Kier molecular flexibility index (Phi) is 8.43. The smallest absolute Gasteiger partial charge is 0.222 e. The summed E-state index contributed by atoms with van der Waals surface area (Å²) >= 11 is 0. The number of aryl methyl sites for hydroxylation is 1. The minimum atomic E-state index is -0.994. The highest BCUT2D eigenvalue weighted by atomic mass is 19.2. The van der Waals surface area contributed by atoms with Gasteiger partial charge in [-0.3, -0.25) is 9.59 Å². The van der Waals surface area contributed by atoms with Crippen LogP contribution in [0.4, 0.5) is 14.6 Å². The molecule has 33 heavy (non-hydrogen) atoms. The van der Waals surface area contributed by atoms with E-state index in [1.54, 1.807) is 6.20 Å². The Morgan fingerprint density at radius 1 is 1.06 bits per heavy atom. The van der Waals surface area contributed by atoms with E-state index in [2.05, 4.69) is 10.3 Å². The number of pyridine rings is 1. The van der Waals surface area contributed by atoms with Crippen molar-refractivity contribution in [1.29, 1.82) is 0 Å². The number of nitrogens with zero attached hydrogens (tertiary/aromatic N) is 1. The van der Waals surface area contributed by atoms with Gasteiger partial charge in [-0.1, -0.05) is 24.3 Å². The van der Waals surface area contributed by atoms with Crippen molar-refractivity contribution in [2.45, 2.75) is 38.6 Å². The highest BCUT2D eigenvalue weighted by Crippen LogP contribution is 2.21. The molecule has 0 unspecified atom stereocenters. The van der Waals surface area contributed by atoms with Crippen LogP contribution in [0.2, 0.25) is 0 Å². The van der Waals surface area contributed by atoms with E-state index in [9.17, 15) is 18.4 Å². The minimum absolute atomic E-state index is 0.0658. The zero-order valence-electron chi connectivity index (χ0n) is 18.4. The lowest BCUT2D eigenvalue weighted by molar-refractivity contribution is -0.128. The zero-order valence-corrected chi connectivity index (χ0v) is 18.4. The van der Waals surface area contributed by atoms with Gasteiger partial charge in [0.15, 0.2) is 17.4 Å². The van der Waals surface area contributed by atoms with Crippen LogP contribution in [0.25, 0.3) is 10.8 Å². The van der Waals surface area contributed by atoms with Crippen LogP contribution >= 0.6 is 0 Å². The molecule has 1 heterocycles. The number of halogens is 2. The first kappa shape index (κ1) is 24.3. The molecule has 6 nitrogen and oxygen atoms in total. The Labute approximate surface area is 191 Å². The molecule has 0 aliphatic heterocycles. The Morgan fingerprint density at radius 2 is 1.85 bits per heavy atom. The summed E-state index contributed by atoms with van der Waals surface area (Å²) in [6, 6.07) is 10.2. The summed E-state index contributed by atoms with van der Waals surface area (Å²) in [4.78, 5) is 29.4. The molecule has 1 atom stereocenters. The van der Waals surface area contributed by atoms with Crippen molar-refractivity contribution in [2.24, 2.45) is 0 Å². The first-order chi connectivity index (χ1) is 15.9. The lowest BCUT2D eigenvalue weighted by Crippen LogP contribution is -2.42. The molecule has 0 bridgehead atoms. The van der Waals surface area contributed by atoms with Gasteiger partial charge in [0, 0.05) is 31.0 Å². The van der Waals surface area contributed by atoms with Crippen molar-refractivity contribution in [3.8, 4) is 0 Å². The second kappa shape index (κ2) is 11.5. The molecule has 0 aliphatic rings. The van der Waals surface area contributed by atoms with Crippen molar-refractivity contribution in [1.82, 2.24) is 10.3 Å². The number of anilines is 1. The third-order valence-corrected chi connectivity index (χ3v) is 5.35. The highest BCUT2D eigenvalue weighted by molar-refractivity contribution is 5.92. The Morgan fingerprint density at radius 3 is 2.61 bits per heavy atom. The van der Waals surface area contributed by atoms with Crippen molar-refractivity contribution >= 4 is 28.3 Å². The Balaban J connectivity index is 1.70. The van der Waals surface area contributed by atoms with Crippen molar-refractivity contribution in [3.05, 3.63) is 71.4 Å². The standard InChI is InChI=1S/C25H27F2N3O3/c1-2-33-12-10-24(32)30-22(15-17-4-7-20(26)21(27)14-17)23(31)8-5-16-3-6-19-18(13-16)9-11-29-25(19)28/h3-4,6-7,9,11,13-14,22H,2,5,8,10,12,15H2,1H3,(H2,28,29)(H,30,32)/t22-/m0/s1. The SMILES string of the molecule is CCOCCC(=O)N[C@@H](Cc1ccc(F)c(F)c1)C(=O)CCc1ccc2c(N)nccc2c1. The largest absolute Gasteiger partial charge is 0.383 e. The molecule has 0 saturated heterocycles. The number of nitrogen functional groups attached to an aromatic ring is 1. The summed E-state index contributed by atoms with van der Waals surface area (Å²) in [6.45, 7) is 2.55. The molecule has 1 aromatic heterocycles. The maximum Gasteiger partial charge on any atom is 0.222 e. The Hall–Kier alpha value is -3.39. The lowest BCUT2D eigenvalue weighted by Gasteiger charge is -2.18. The summed E-state index contributed by atoms with van der Waals surface area (Å²) < 4.78 is 32.1. The number of rotatable bonds is 11.